The summed E-state index contributed by atoms with van der Waals surface area (Å²) in [5.41, 5.74) is -0.274. The number of hydrogen-bond donors (Lipinski definition) is 1. The maximum atomic E-state index is 13.5. The lowest BCUT2D eigenvalue weighted by Gasteiger charge is -2.12. The molecule has 2 aromatic rings. The fourth-order valence-electron chi connectivity index (χ4n) is 2.04. The minimum Gasteiger partial charge on any atom is -0.449 e. The monoisotopic (exact) mass is 376 g/mol. The molecular formula is C18H14F2N2O5. The third kappa shape index (κ3) is 5.43. The van der Waals surface area contributed by atoms with Crippen LogP contribution in [0.25, 0.3) is 6.08 Å². The van der Waals surface area contributed by atoms with Gasteiger partial charge in [0.05, 0.1) is 16.2 Å². The number of para-hydroxylation sites is 1. The predicted octanol–water partition coefficient (Wildman–Crippen LogP) is 3.46. The Morgan fingerprint density at radius 2 is 1.93 bits per heavy atom. The van der Waals surface area contributed by atoms with Crippen LogP contribution >= 0.6 is 0 Å². The summed E-state index contributed by atoms with van der Waals surface area (Å²) in [6.45, 7) is 1.26. The molecule has 0 saturated heterocycles. The molecule has 140 valence electrons. The van der Waals surface area contributed by atoms with Crippen molar-refractivity contribution in [2.45, 2.75) is 13.0 Å². The first-order valence-corrected chi connectivity index (χ1v) is 7.66. The van der Waals surface area contributed by atoms with Gasteiger partial charge in [0.1, 0.15) is 11.6 Å². The van der Waals surface area contributed by atoms with Crippen molar-refractivity contribution in [1.29, 1.82) is 0 Å². The number of hydrogen-bond acceptors (Lipinski definition) is 5. The maximum Gasteiger partial charge on any atom is 0.331 e. The Kier molecular flexibility index (Phi) is 6.32. The quantitative estimate of drug-likeness (QED) is 0.360. The number of carbonyl (C=O) groups excluding carboxylic acids is 2. The highest BCUT2D eigenvalue weighted by Gasteiger charge is 2.18. The van der Waals surface area contributed by atoms with Gasteiger partial charge < -0.3 is 10.1 Å². The average Bonchev–Trinajstić information content (AvgIpc) is 2.62. The molecule has 0 fully saturated rings. The second-order valence-electron chi connectivity index (χ2n) is 5.34. The molecule has 1 atom stereocenters. The van der Waals surface area contributed by atoms with Gasteiger partial charge in [0.2, 0.25) is 0 Å². The van der Waals surface area contributed by atoms with E-state index < -0.39 is 34.5 Å². The first-order chi connectivity index (χ1) is 12.8. The van der Waals surface area contributed by atoms with Crippen LogP contribution in [0.15, 0.2) is 48.5 Å². The Balaban J connectivity index is 1.98. The van der Waals surface area contributed by atoms with Crippen LogP contribution in [-0.4, -0.2) is 22.9 Å². The van der Waals surface area contributed by atoms with Gasteiger partial charge in [-0.05, 0) is 31.2 Å². The Labute approximate surface area is 152 Å². The van der Waals surface area contributed by atoms with Crippen molar-refractivity contribution >= 4 is 29.3 Å². The van der Waals surface area contributed by atoms with Crippen LogP contribution in [0, 0.1) is 21.7 Å². The smallest absolute Gasteiger partial charge is 0.331 e. The summed E-state index contributed by atoms with van der Waals surface area (Å²) in [7, 11) is 0. The molecule has 0 aromatic heterocycles. The van der Waals surface area contributed by atoms with E-state index in [-0.39, 0.29) is 16.9 Å². The Hall–Kier alpha value is -3.62. The van der Waals surface area contributed by atoms with Crippen LogP contribution in [0.3, 0.4) is 0 Å². The largest absolute Gasteiger partial charge is 0.449 e. The summed E-state index contributed by atoms with van der Waals surface area (Å²) in [6, 6.07) is 8.35. The van der Waals surface area contributed by atoms with Crippen molar-refractivity contribution in [1.82, 2.24) is 0 Å². The Bertz CT molecular complexity index is 914. The van der Waals surface area contributed by atoms with E-state index in [4.69, 9.17) is 4.74 Å². The molecule has 0 aliphatic rings. The number of halogens is 2. The normalized spacial score (nSPS) is 11.8. The molecule has 0 bridgehead atoms. The van der Waals surface area contributed by atoms with Gasteiger partial charge in [0.15, 0.2) is 6.10 Å². The average molecular weight is 376 g/mol. The van der Waals surface area contributed by atoms with Crippen molar-refractivity contribution in [3.05, 3.63) is 75.9 Å². The number of anilines is 1. The zero-order valence-electron chi connectivity index (χ0n) is 14.0. The number of nitro benzene ring substituents is 1. The topological polar surface area (TPSA) is 98.5 Å². The molecule has 9 heteroatoms. The summed E-state index contributed by atoms with van der Waals surface area (Å²) >= 11 is 0. The second-order valence-corrected chi connectivity index (χ2v) is 5.34. The highest BCUT2D eigenvalue weighted by atomic mass is 19.1. The molecule has 0 radical (unpaired) electrons. The van der Waals surface area contributed by atoms with Crippen molar-refractivity contribution < 1.29 is 28.0 Å². The van der Waals surface area contributed by atoms with E-state index in [0.717, 1.165) is 18.2 Å². The van der Waals surface area contributed by atoms with Crippen LogP contribution < -0.4 is 5.32 Å². The van der Waals surface area contributed by atoms with E-state index in [1.807, 2.05) is 0 Å². The van der Waals surface area contributed by atoms with E-state index in [1.165, 1.54) is 31.2 Å². The molecule has 1 amide bonds. The van der Waals surface area contributed by atoms with Gasteiger partial charge in [-0.1, -0.05) is 12.1 Å². The first-order valence-electron chi connectivity index (χ1n) is 7.66. The van der Waals surface area contributed by atoms with E-state index in [9.17, 15) is 28.5 Å². The number of benzene rings is 2. The third-order valence-electron chi connectivity index (χ3n) is 3.38. The molecule has 2 rings (SSSR count). The SMILES string of the molecule is CC(OC(=O)/C=C/c1ccccc1[N+](=O)[O-])C(=O)Nc1ccc(F)cc1F. The Morgan fingerprint density at radius 3 is 2.59 bits per heavy atom. The minimum absolute atomic E-state index is 0.185. The molecule has 0 aliphatic carbocycles. The fourth-order valence-corrected chi connectivity index (χ4v) is 2.04. The van der Waals surface area contributed by atoms with E-state index >= 15 is 0 Å². The van der Waals surface area contributed by atoms with Crippen molar-refractivity contribution in [3.63, 3.8) is 0 Å². The summed E-state index contributed by atoms with van der Waals surface area (Å²) < 4.78 is 31.2. The zero-order valence-corrected chi connectivity index (χ0v) is 14.0. The van der Waals surface area contributed by atoms with Gasteiger partial charge in [0, 0.05) is 18.2 Å². The summed E-state index contributed by atoms with van der Waals surface area (Å²) in [4.78, 5) is 34.0. The van der Waals surface area contributed by atoms with E-state index in [1.54, 1.807) is 6.07 Å². The molecule has 1 N–H and O–H groups in total. The number of nitrogens with zero attached hydrogens (tertiary/aromatic N) is 1. The van der Waals surface area contributed by atoms with Crippen molar-refractivity contribution in [2.75, 3.05) is 5.32 Å². The van der Waals surface area contributed by atoms with Gasteiger partial charge in [0.25, 0.3) is 11.6 Å². The fraction of sp³-hybridized carbons (Fsp3) is 0.111. The third-order valence-corrected chi connectivity index (χ3v) is 3.38. The highest BCUT2D eigenvalue weighted by Crippen LogP contribution is 2.19. The first kappa shape index (κ1) is 19.7. The van der Waals surface area contributed by atoms with Crippen LogP contribution in [0.4, 0.5) is 20.2 Å². The number of ether oxygens (including phenoxy) is 1. The Morgan fingerprint density at radius 1 is 1.22 bits per heavy atom. The number of amides is 1. The minimum atomic E-state index is -1.28. The van der Waals surface area contributed by atoms with Gasteiger partial charge in [-0.3, -0.25) is 14.9 Å². The van der Waals surface area contributed by atoms with E-state index in [2.05, 4.69) is 5.32 Å². The number of nitro groups is 1. The second kappa shape index (κ2) is 8.65. The standard InChI is InChI=1S/C18H14F2N2O5/c1-11(18(24)21-15-8-7-13(19)10-14(15)20)27-17(23)9-6-12-4-2-3-5-16(12)22(25)26/h2-11H,1H3,(H,21,24)/b9-6+. The molecule has 0 saturated carbocycles. The number of nitrogens with one attached hydrogen (secondary N) is 1. The van der Waals surface area contributed by atoms with Crippen LogP contribution in [0.1, 0.15) is 12.5 Å². The molecule has 7 nitrogen and oxygen atoms in total. The lowest BCUT2D eigenvalue weighted by Crippen LogP contribution is -2.29. The van der Waals surface area contributed by atoms with Gasteiger partial charge in [-0.15, -0.1) is 0 Å². The highest BCUT2D eigenvalue weighted by molar-refractivity contribution is 5.96. The number of esters is 1. The van der Waals surface area contributed by atoms with Gasteiger partial charge in [-0.25, -0.2) is 13.6 Å². The summed E-state index contributed by atoms with van der Waals surface area (Å²) in [5.74, 6) is -3.52. The van der Waals surface area contributed by atoms with Crippen LogP contribution in [-0.2, 0) is 14.3 Å². The lowest BCUT2D eigenvalue weighted by molar-refractivity contribution is -0.385. The van der Waals surface area contributed by atoms with Crippen molar-refractivity contribution in [2.24, 2.45) is 0 Å². The van der Waals surface area contributed by atoms with E-state index in [0.29, 0.717) is 6.07 Å². The molecule has 2 aromatic carbocycles. The van der Waals surface area contributed by atoms with Gasteiger partial charge >= 0.3 is 5.97 Å². The predicted molar refractivity (Wildman–Crippen MR) is 92.7 cm³/mol. The maximum absolute atomic E-state index is 13.5. The molecule has 1 unspecified atom stereocenters. The number of rotatable bonds is 6. The van der Waals surface area contributed by atoms with Crippen LogP contribution in [0.2, 0.25) is 0 Å². The molecule has 27 heavy (non-hydrogen) atoms. The molecule has 0 aliphatic heterocycles. The van der Waals surface area contributed by atoms with Gasteiger partial charge in [-0.2, -0.15) is 0 Å². The zero-order chi connectivity index (χ0) is 20.0. The van der Waals surface area contributed by atoms with Crippen molar-refractivity contribution in [3.8, 4) is 0 Å². The molecule has 0 heterocycles. The number of carbonyl (C=O) groups is 2. The molecule has 0 spiro atoms. The lowest BCUT2D eigenvalue weighted by atomic mass is 10.1. The summed E-state index contributed by atoms with van der Waals surface area (Å²) in [6.07, 6.45) is 0.840. The summed E-state index contributed by atoms with van der Waals surface area (Å²) in [5, 5.41) is 13.1. The molecular weight excluding hydrogens is 362 g/mol. The van der Waals surface area contributed by atoms with Crippen LogP contribution in [0.5, 0.6) is 0 Å².